The fourth-order valence-corrected chi connectivity index (χ4v) is 2.85. The molecule has 2 atom stereocenters. The number of hydrogen-bond acceptors (Lipinski definition) is 4. The molecule has 1 aliphatic rings. The third-order valence-corrected chi connectivity index (χ3v) is 3.99. The van der Waals surface area contributed by atoms with Gasteiger partial charge in [0.25, 0.3) is 0 Å². The topological polar surface area (TPSA) is 58.0 Å². The van der Waals surface area contributed by atoms with Gasteiger partial charge in [-0.25, -0.2) is 9.97 Å². The van der Waals surface area contributed by atoms with Crippen LogP contribution in [0.3, 0.4) is 0 Å². The first-order chi connectivity index (χ1) is 9.90. The molecular formula is C13H17ClF3N3O. The third-order valence-electron chi connectivity index (χ3n) is 3.79. The van der Waals surface area contributed by atoms with Gasteiger partial charge in [-0.2, -0.15) is 13.2 Å². The Labute approximate surface area is 125 Å². The summed E-state index contributed by atoms with van der Waals surface area (Å²) < 4.78 is 37.8. The Morgan fingerprint density at radius 3 is 2.52 bits per heavy atom. The highest BCUT2D eigenvalue weighted by atomic mass is 35.5. The minimum absolute atomic E-state index is 0.0598. The van der Waals surface area contributed by atoms with Crippen molar-refractivity contribution in [1.29, 1.82) is 0 Å². The van der Waals surface area contributed by atoms with Crippen LogP contribution in [0.1, 0.15) is 31.5 Å². The molecule has 2 unspecified atom stereocenters. The van der Waals surface area contributed by atoms with E-state index in [4.69, 9.17) is 11.6 Å². The molecule has 1 saturated carbocycles. The summed E-state index contributed by atoms with van der Waals surface area (Å²) in [5.41, 5.74) is 0. The van der Waals surface area contributed by atoms with Gasteiger partial charge in [0, 0.05) is 19.2 Å². The lowest BCUT2D eigenvalue weighted by Crippen LogP contribution is -2.29. The SMILES string of the molecule is OCC1CCCCC1CNc1cc(Cl)nc(C(F)(F)F)n1. The van der Waals surface area contributed by atoms with Gasteiger partial charge in [-0.1, -0.05) is 24.4 Å². The molecule has 0 aliphatic heterocycles. The minimum Gasteiger partial charge on any atom is -0.396 e. The zero-order valence-electron chi connectivity index (χ0n) is 11.3. The molecule has 1 fully saturated rings. The number of aromatic nitrogens is 2. The maximum absolute atomic E-state index is 12.6. The monoisotopic (exact) mass is 323 g/mol. The normalized spacial score (nSPS) is 23.1. The number of rotatable bonds is 4. The molecule has 0 spiro atoms. The molecule has 1 heterocycles. The van der Waals surface area contributed by atoms with Gasteiger partial charge in [-0.3, -0.25) is 0 Å². The Hall–Kier alpha value is -1.08. The molecule has 0 bridgehead atoms. The average molecular weight is 324 g/mol. The van der Waals surface area contributed by atoms with Crippen molar-refractivity contribution in [2.75, 3.05) is 18.5 Å². The van der Waals surface area contributed by atoms with Crippen molar-refractivity contribution in [3.05, 3.63) is 17.0 Å². The standard InChI is InChI=1S/C13H17ClF3N3O/c14-10-5-11(20-12(19-10)13(15,16)17)18-6-8-3-1-2-4-9(8)7-21/h5,8-9,21H,1-4,6-7H2,(H,18,19,20). The van der Waals surface area contributed by atoms with E-state index in [2.05, 4.69) is 15.3 Å². The van der Waals surface area contributed by atoms with Gasteiger partial charge < -0.3 is 10.4 Å². The van der Waals surface area contributed by atoms with E-state index in [1.165, 1.54) is 6.07 Å². The molecule has 0 saturated heterocycles. The van der Waals surface area contributed by atoms with E-state index in [-0.39, 0.29) is 29.4 Å². The van der Waals surface area contributed by atoms with E-state index in [0.29, 0.717) is 6.54 Å². The van der Waals surface area contributed by atoms with Crippen LogP contribution in [-0.4, -0.2) is 28.2 Å². The number of aliphatic hydroxyl groups excluding tert-OH is 1. The van der Waals surface area contributed by atoms with Crippen LogP contribution in [0.5, 0.6) is 0 Å². The summed E-state index contributed by atoms with van der Waals surface area (Å²) >= 11 is 5.60. The lowest BCUT2D eigenvalue weighted by atomic mass is 9.79. The van der Waals surface area contributed by atoms with Gasteiger partial charge in [-0.15, -0.1) is 0 Å². The van der Waals surface area contributed by atoms with E-state index in [9.17, 15) is 18.3 Å². The largest absolute Gasteiger partial charge is 0.451 e. The first-order valence-corrected chi connectivity index (χ1v) is 7.24. The lowest BCUT2D eigenvalue weighted by molar-refractivity contribution is -0.144. The van der Waals surface area contributed by atoms with Gasteiger partial charge in [0.1, 0.15) is 11.0 Å². The van der Waals surface area contributed by atoms with Crippen molar-refractivity contribution >= 4 is 17.4 Å². The van der Waals surface area contributed by atoms with Gasteiger partial charge in [-0.05, 0) is 24.7 Å². The molecule has 0 amide bonds. The van der Waals surface area contributed by atoms with Crippen molar-refractivity contribution in [1.82, 2.24) is 9.97 Å². The molecule has 21 heavy (non-hydrogen) atoms. The summed E-state index contributed by atoms with van der Waals surface area (Å²) in [7, 11) is 0. The summed E-state index contributed by atoms with van der Waals surface area (Å²) in [5, 5.41) is 12.0. The Kier molecular flexibility index (Phi) is 5.27. The Balaban J connectivity index is 2.04. The first kappa shape index (κ1) is 16.3. The number of anilines is 1. The Morgan fingerprint density at radius 1 is 1.24 bits per heavy atom. The maximum atomic E-state index is 12.6. The zero-order chi connectivity index (χ0) is 15.5. The number of aliphatic hydroxyl groups is 1. The predicted molar refractivity (Wildman–Crippen MR) is 73.1 cm³/mol. The second kappa shape index (κ2) is 6.79. The molecule has 8 heteroatoms. The number of nitrogens with one attached hydrogen (secondary N) is 1. The fraction of sp³-hybridized carbons (Fsp3) is 0.692. The number of hydrogen-bond donors (Lipinski definition) is 2. The maximum Gasteiger partial charge on any atom is 0.451 e. The molecule has 0 aromatic carbocycles. The van der Waals surface area contributed by atoms with Gasteiger partial charge in [0.05, 0.1) is 0 Å². The average Bonchev–Trinajstić information content (AvgIpc) is 2.44. The molecule has 1 aromatic rings. The van der Waals surface area contributed by atoms with Crippen molar-refractivity contribution in [2.24, 2.45) is 11.8 Å². The molecule has 2 rings (SSSR count). The minimum atomic E-state index is -4.63. The van der Waals surface area contributed by atoms with Gasteiger partial charge >= 0.3 is 6.18 Å². The molecule has 1 aromatic heterocycles. The third kappa shape index (κ3) is 4.44. The van der Waals surface area contributed by atoms with E-state index < -0.39 is 12.0 Å². The zero-order valence-corrected chi connectivity index (χ0v) is 12.1. The summed E-state index contributed by atoms with van der Waals surface area (Å²) in [4.78, 5) is 6.63. The van der Waals surface area contributed by atoms with E-state index in [0.717, 1.165) is 25.7 Å². The molecule has 0 radical (unpaired) electrons. The van der Waals surface area contributed by atoms with E-state index >= 15 is 0 Å². The molecule has 4 nitrogen and oxygen atoms in total. The molecular weight excluding hydrogens is 307 g/mol. The summed E-state index contributed by atoms with van der Waals surface area (Å²) in [6.45, 7) is 0.570. The lowest BCUT2D eigenvalue weighted by Gasteiger charge is -2.30. The second-order valence-electron chi connectivity index (χ2n) is 5.27. The van der Waals surface area contributed by atoms with Crippen LogP contribution in [0.2, 0.25) is 5.15 Å². The van der Waals surface area contributed by atoms with Crippen molar-refractivity contribution in [3.63, 3.8) is 0 Å². The smallest absolute Gasteiger partial charge is 0.396 e. The molecule has 2 N–H and O–H groups in total. The number of halogens is 4. The predicted octanol–water partition coefficient (Wildman–Crippen LogP) is 3.36. The van der Waals surface area contributed by atoms with Crippen LogP contribution in [0.4, 0.5) is 19.0 Å². The van der Waals surface area contributed by atoms with Crippen LogP contribution in [0.25, 0.3) is 0 Å². The molecule has 1 aliphatic carbocycles. The number of alkyl halides is 3. The summed E-state index contributed by atoms with van der Waals surface area (Å²) in [6, 6.07) is 1.27. The van der Waals surface area contributed by atoms with E-state index in [1.807, 2.05) is 0 Å². The van der Waals surface area contributed by atoms with Crippen LogP contribution < -0.4 is 5.32 Å². The van der Waals surface area contributed by atoms with Crippen LogP contribution >= 0.6 is 11.6 Å². The second-order valence-corrected chi connectivity index (χ2v) is 5.65. The van der Waals surface area contributed by atoms with E-state index in [1.54, 1.807) is 0 Å². The Bertz CT molecular complexity index is 484. The summed E-state index contributed by atoms with van der Waals surface area (Å²) in [5.74, 6) is -0.776. The first-order valence-electron chi connectivity index (χ1n) is 6.86. The highest BCUT2D eigenvalue weighted by molar-refractivity contribution is 6.29. The van der Waals surface area contributed by atoms with Crippen molar-refractivity contribution < 1.29 is 18.3 Å². The number of nitrogens with zero attached hydrogens (tertiary/aromatic N) is 2. The quantitative estimate of drug-likeness (QED) is 0.834. The van der Waals surface area contributed by atoms with Crippen molar-refractivity contribution in [3.8, 4) is 0 Å². The van der Waals surface area contributed by atoms with Crippen LogP contribution in [0, 0.1) is 11.8 Å². The van der Waals surface area contributed by atoms with Crippen LogP contribution in [-0.2, 0) is 6.18 Å². The van der Waals surface area contributed by atoms with Gasteiger partial charge in [0.2, 0.25) is 5.82 Å². The van der Waals surface area contributed by atoms with Gasteiger partial charge in [0.15, 0.2) is 0 Å². The highest BCUT2D eigenvalue weighted by Crippen LogP contribution is 2.31. The molecule has 118 valence electrons. The Morgan fingerprint density at radius 2 is 1.90 bits per heavy atom. The summed E-state index contributed by atoms with van der Waals surface area (Å²) in [6.07, 6.45) is -0.579. The van der Waals surface area contributed by atoms with Crippen LogP contribution in [0.15, 0.2) is 6.07 Å². The fourth-order valence-electron chi connectivity index (χ4n) is 2.66. The van der Waals surface area contributed by atoms with Crippen molar-refractivity contribution in [2.45, 2.75) is 31.9 Å². The highest BCUT2D eigenvalue weighted by Gasteiger charge is 2.35.